The maximum Gasteiger partial charge on any atom is 0.199 e. The molecule has 0 radical (unpaired) electrons. The summed E-state index contributed by atoms with van der Waals surface area (Å²) in [6.07, 6.45) is 2.05. The van der Waals surface area contributed by atoms with Gasteiger partial charge in [-0.05, 0) is 30.7 Å². The van der Waals surface area contributed by atoms with Crippen molar-refractivity contribution in [1.82, 2.24) is 0 Å². The minimum atomic E-state index is -0.0406. The number of hydrogen-bond acceptors (Lipinski definition) is 2. The Morgan fingerprint density at radius 2 is 2.08 bits per heavy atom. The predicted octanol–water partition coefficient (Wildman–Crippen LogP) is 2.96. The van der Waals surface area contributed by atoms with Gasteiger partial charge in [0, 0.05) is 10.9 Å². The van der Waals surface area contributed by atoms with E-state index in [2.05, 4.69) is 15.9 Å². The SMILES string of the molecule is Brc1ccc(OC2CCCO2)cc1. The monoisotopic (exact) mass is 242 g/mol. The smallest absolute Gasteiger partial charge is 0.199 e. The van der Waals surface area contributed by atoms with Crippen LogP contribution < -0.4 is 4.74 Å². The topological polar surface area (TPSA) is 18.5 Å². The van der Waals surface area contributed by atoms with E-state index in [0.29, 0.717) is 0 Å². The lowest BCUT2D eigenvalue weighted by atomic mass is 10.3. The van der Waals surface area contributed by atoms with Crippen molar-refractivity contribution >= 4 is 15.9 Å². The van der Waals surface area contributed by atoms with Crippen LogP contribution in [0.5, 0.6) is 5.75 Å². The van der Waals surface area contributed by atoms with Crippen LogP contribution in [0.1, 0.15) is 12.8 Å². The summed E-state index contributed by atoms with van der Waals surface area (Å²) in [4.78, 5) is 0. The first-order valence-electron chi connectivity index (χ1n) is 4.38. The molecule has 0 aromatic heterocycles. The average Bonchev–Trinajstić information content (AvgIpc) is 2.62. The van der Waals surface area contributed by atoms with E-state index in [0.717, 1.165) is 29.7 Å². The first kappa shape index (κ1) is 9.03. The second-order valence-corrected chi connectivity index (χ2v) is 3.93. The van der Waals surface area contributed by atoms with Gasteiger partial charge in [0.2, 0.25) is 0 Å². The molecule has 0 saturated carbocycles. The van der Waals surface area contributed by atoms with Crippen LogP contribution in [0.4, 0.5) is 0 Å². The lowest BCUT2D eigenvalue weighted by Crippen LogP contribution is -2.13. The molecular formula is C10H11BrO2. The van der Waals surface area contributed by atoms with Gasteiger partial charge in [-0.2, -0.15) is 0 Å². The molecule has 1 unspecified atom stereocenters. The molecule has 2 nitrogen and oxygen atoms in total. The third-order valence-corrected chi connectivity index (χ3v) is 2.50. The highest BCUT2D eigenvalue weighted by atomic mass is 79.9. The maximum absolute atomic E-state index is 5.59. The highest BCUT2D eigenvalue weighted by molar-refractivity contribution is 9.10. The van der Waals surface area contributed by atoms with Crippen LogP contribution in [0.3, 0.4) is 0 Å². The predicted molar refractivity (Wildman–Crippen MR) is 53.7 cm³/mol. The van der Waals surface area contributed by atoms with Crippen LogP contribution >= 0.6 is 15.9 Å². The molecule has 1 heterocycles. The van der Waals surface area contributed by atoms with Crippen LogP contribution in [-0.4, -0.2) is 12.9 Å². The Balaban J connectivity index is 1.97. The third kappa shape index (κ3) is 2.45. The van der Waals surface area contributed by atoms with Crippen molar-refractivity contribution in [3.05, 3.63) is 28.7 Å². The second kappa shape index (κ2) is 4.11. The van der Waals surface area contributed by atoms with Crippen LogP contribution in [0.2, 0.25) is 0 Å². The Labute approximate surface area is 86.0 Å². The lowest BCUT2D eigenvalue weighted by Gasteiger charge is -2.12. The van der Waals surface area contributed by atoms with Crippen molar-refractivity contribution in [3.63, 3.8) is 0 Å². The molecule has 0 N–H and O–H groups in total. The van der Waals surface area contributed by atoms with Crippen molar-refractivity contribution in [2.75, 3.05) is 6.61 Å². The zero-order valence-corrected chi connectivity index (χ0v) is 8.79. The van der Waals surface area contributed by atoms with E-state index in [1.807, 2.05) is 24.3 Å². The Bertz CT molecular complexity index is 265. The van der Waals surface area contributed by atoms with Gasteiger partial charge >= 0.3 is 0 Å². The van der Waals surface area contributed by atoms with Gasteiger partial charge in [0.15, 0.2) is 6.29 Å². The summed E-state index contributed by atoms with van der Waals surface area (Å²) in [5.74, 6) is 0.870. The molecule has 70 valence electrons. The van der Waals surface area contributed by atoms with Gasteiger partial charge in [-0.25, -0.2) is 0 Å². The molecule has 1 fully saturated rings. The van der Waals surface area contributed by atoms with Gasteiger partial charge in [0.1, 0.15) is 5.75 Å². The molecule has 2 rings (SSSR count). The van der Waals surface area contributed by atoms with Crippen molar-refractivity contribution in [2.45, 2.75) is 19.1 Å². The summed E-state index contributed by atoms with van der Waals surface area (Å²) < 4.78 is 12.0. The summed E-state index contributed by atoms with van der Waals surface area (Å²) in [5.41, 5.74) is 0. The molecular weight excluding hydrogens is 232 g/mol. The molecule has 0 amide bonds. The number of rotatable bonds is 2. The van der Waals surface area contributed by atoms with Gasteiger partial charge in [-0.3, -0.25) is 0 Å². The van der Waals surface area contributed by atoms with E-state index in [-0.39, 0.29) is 6.29 Å². The summed E-state index contributed by atoms with van der Waals surface area (Å²) in [5, 5.41) is 0. The third-order valence-electron chi connectivity index (χ3n) is 1.97. The summed E-state index contributed by atoms with van der Waals surface area (Å²) >= 11 is 3.37. The van der Waals surface area contributed by atoms with Gasteiger partial charge in [0.05, 0.1) is 6.61 Å². The second-order valence-electron chi connectivity index (χ2n) is 3.01. The molecule has 1 atom stereocenters. The van der Waals surface area contributed by atoms with E-state index in [9.17, 15) is 0 Å². The summed E-state index contributed by atoms with van der Waals surface area (Å²) in [6.45, 7) is 0.821. The van der Waals surface area contributed by atoms with E-state index in [4.69, 9.17) is 9.47 Å². The highest BCUT2D eigenvalue weighted by Crippen LogP contribution is 2.21. The Hall–Kier alpha value is -0.540. The quantitative estimate of drug-likeness (QED) is 0.794. The average molecular weight is 243 g/mol. The zero-order valence-electron chi connectivity index (χ0n) is 7.20. The van der Waals surface area contributed by atoms with Crippen molar-refractivity contribution in [3.8, 4) is 5.75 Å². The van der Waals surface area contributed by atoms with Gasteiger partial charge in [0.25, 0.3) is 0 Å². The molecule has 1 saturated heterocycles. The Kier molecular flexibility index (Phi) is 2.86. The minimum absolute atomic E-state index is 0.0406. The molecule has 1 aliphatic rings. The standard InChI is InChI=1S/C10H11BrO2/c11-8-3-5-9(6-4-8)13-10-2-1-7-12-10/h3-6,10H,1-2,7H2. The Morgan fingerprint density at radius 3 is 2.69 bits per heavy atom. The number of benzene rings is 1. The van der Waals surface area contributed by atoms with Gasteiger partial charge in [-0.15, -0.1) is 0 Å². The van der Waals surface area contributed by atoms with Crippen molar-refractivity contribution in [2.24, 2.45) is 0 Å². The first-order chi connectivity index (χ1) is 6.34. The molecule has 1 aliphatic heterocycles. The van der Waals surface area contributed by atoms with Crippen molar-refractivity contribution in [1.29, 1.82) is 0 Å². The highest BCUT2D eigenvalue weighted by Gasteiger charge is 2.16. The molecule has 13 heavy (non-hydrogen) atoms. The summed E-state index contributed by atoms with van der Waals surface area (Å²) in [6, 6.07) is 7.80. The molecule has 3 heteroatoms. The van der Waals surface area contributed by atoms with Crippen LogP contribution in [0.15, 0.2) is 28.7 Å². The van der Waals surface area contributed by atoms with Crippen molar-refractivity contribution < 1.29 is 9.47 Å². The first-order valence-corrected chi connectivity index (χ1v) is 5.18. The van der Waals surface area contributed by atoms with E-state index >= 15 is 0 Å². The minimum Gasteiger partial charge on any atom is -0.465 e. The van der Waals surface area contributed by atoms with Crippen LogP contribution in [-0.2, 0) is 4.74 Å². The van der Waals surface area contributed by atoms with Gasteiger partial charge in [-0.1, -0.05) is 15.9 Å². The van der Waals surface area contributed by atoms with Crippen LogP contribution in [0.25, 0.3) is 0 Å². The Morgan fingerprint density at radius 1 is 1.31 bits per heavy atom. The lowest BCUT2D eigenvalue weighted by molar-refractivity contribution is -0.0390. The van der Waals surface area contributed by atoms with E-state index in [1.165, 1.54) is 0 Å². The van der Waals surface area contributed by atoms with E-state index < -0.39 is 0 Å². The molecule has 0 spiro atoms. The number of hydrogen-bond donors (Lipinski definition) is 0. The number of halogens is 1. The largest absolute Gasteiger partial charge is 0.465 e. The van der Waals surface area contributed by atoms with E-state index in [1.54, 1.807) is 0 Å². The maximum atomic E-state index is 5.59. The van der Waals surface area contributed by atoms with Crippen LogP contribution in [0, 0.1) is 0 Å². The molecule has 1 aromatic carbocycles. The fourth-order valence-electron chi connectivity index (χ4n) is 1.31. The molecule has 0 bridgehead atoms. The fraction of sp³-hybridized carbons (Fsp3) is 0.400. The fourth-order valence-corrected chi connectivity index (χ4v) is 1.57. The molecule has 0 aliphatic carbocycles. The normalized spacial score (nSPS) is 21.8. The van der Waals surface area contributed by atoms with Gasteiger partial charge < -0.3 is 9.47 Å². The summed E-state index contributed by atoms with van der Waals surface area (Å²) in [7, 11) is 0. The molecule has 1 aromatic rings. The zero-order chi connectivity index (χ0) is 9.10. The number of ether oxygens (including phenoxy) is 2.